The molecule has 4 unspecified atom stereocenters. The van der Waals surface area contributed by atoms with E-state index in [0.717, 1.165) is 0 Å². The molecule has 10 heteroatoms. The van der Waals surface area contributed by atoms with Crippen LogP contribution in [0.2, 0.25) is 0 Å². The van der Waals surface area contributed by atoms with Crippen molar-refractivity contribution in [3.63, 3.8) is 0 Å². The zero-order valence-corrected chi connectivity index (χ0v) is 12.6. The van der Waals surface area contributed by atoms with Crippen molar-refractivity contribution in [1.29, 1.82) is 0 Å². The maximum absolute atomic E-state index is 10.1. The molecule has 4 N–H and O–H groups in total. The van der Waals surface area contributed by atoms with Gasteiger partial charge in [0.25, 0.3) is 0 Å². The van der Waals surface area contributed by atoms with Crippen molar-refractivity contribution in [3.05, 3.63) is 11.1 Å². The van der Waals surface area contributed by atoms with E-state index in [0.29, 0.717) is 15.9 Å². The van der Waals surface area contributed by atoms with Gasteiger partial charge in [-0.2, -0.15) is 0 Å². The van der Waals surface area contributed by atoms with Gasteiger partial charge in [-0.05, 0) is 15.9 Å². The number of aromatic nitrogens is 4. The molecule has 3 heterocycles. The Morgan fingerprint density at radius 1 is 1.52 bits per heavy atom. The quantitative estimate of drug-likeness (QED) is 0.621. The van der Waals surface area contributed by atoms with Crippen molar-refractivity contribution in [2.45, 2.75) is 24.5 Å². The second-order valence-corrected chi connectivity index (χ2v) is 5.33. The highest BCUT2D eigenvalue weighted by Crippen LogP contribution is 2.36. The largest absolute Gasteiger partial charge is 0.394 e. The summed E-state index contributed by atoms with van der Waals surface area (Å²) in [5.41, 5.74) is 6.65. The van der Waals surface area contributed by atoms with Gasteiger partial charge in [-0.15, -0.1) is 0 Å². The summed E-state index contributed by atoms with van der Waals surface area (Å²) in [5, 5.41) is 19.4. The molecule has 0 spiro atoms. The molecule has 2 aromatic heterocycles. The minimum absolute atomic E-state index is 0.241. The van der Waals surface area contributed by atoms with Gasteiger partial charge in [0.15, 0.2) is 27.9 Å². The first-order valence-corrected chi connectivity index (χ1v) is 6.98. The summed E-state index contributed by atoms with van der Waals surface area (Å²) >= 11 is 3.32. The van der Waals surface area contributed by atoms with E-state index in [4.69, 9.17) is 15.2 Å². The number of methoxy groups -OCH3 is 1. The summed E-state index contributed by atoms with van der Waals surface area (Å²) in [6.45, 7) is -0.321. The number of nitrogens with two attached hydrogens (primary N) is 1. The van der Waals surface area contributed by atoms with E-state index < -0.39 is 24.5 Å². The predicted octanol–water partition coefficient (Wildman–Crippen LogP) is -0.563. The number of aliphatic hydroxyl groups excluding tert-OH is 2. The van der Waals surface area contributed by atoms with Crippen LogP contribution in [0.1, 0.15) is 6.23 Å². The van der Waals surface area contributed by atoms with Crippen molar-refractivity contribution < 1.29 is 19.7 Å². The van der Waals surface area contributed by atoms with Gasteiger partial charge in [0.1, 0.15) is 24.6 Å². The molecule has 0 radical (unpaired) electrons. The van der Waals surface area contributed by atoms with Gasteiger partial charge in [-0.25, -0.2) is 15.0 Å². The summed E-state index contributed by atoms with van der Waals surface area (Å²) in [5.74, 6) is 0.241. The van der Waals surface area contributed by atoms with Gasteiger partial charge in [-0.1, -0.05) is 0 Å². The number of hydrogen-bond acceptors (Lipinski definition) is 8. The SMILES string of the molecule is COC1C(O)C(CO)OC1n1c(Br)nc2c(N)ncnc21. The molecule has 0 aliphatic carbocycles. The first-order chi connectivity index (χ1) is 10.1. The fourth-order valence-corrected chi connectivity index (χ4v) is 3.00. The number of halogens is 1. The molecule has 1 aliphatic heterocycles. The van der Waals surface area contributed by atoms with Gasteiger partial charge in [0, 0.05) is 7.11 Å². The summed E-state index contributed by atoms with van der Waals surface area (Å²) < 4.78 is 13.0. The molecule has 2 aromatic rings. The Morgan fingerprint density at radius 3 is 2.95 bits per heavy atom. The predicted molar refractivity (Wildman–Crippen MR) is 75.2 cm³/mol. The Labute approximate surface area is 127 Å². The van der Waals surface area contributed by atoms with Crippen LogP contribution in [0.15, 0.2) is 11.1 Å². The van der Waals surface area contributed by atoms with E-state index in [1.54, 1.807) is 4.57 Å². The van der Waals surface area contributed by atoms with Crippen LogP contribution in [0.4, 0.5) is 5.82 Å². The number of rotatable bonds is 3. The molecule has 0 aromatic carbocycles. The van der Waals surface area contributed by atoms with Crippen molar-refractivity contribution in [3.8, 4) is 0 Å². The van der Waals surface area contributed by atoms with Crippen LogP contribution in [-0.2, 0) is 9.47 Å². The highest BCUT2D eigenvalue weighted by atomic mass is 79.9. The summed E-state index contributed by atoms with van der Waals surface area (Å²) in [7, 11) is 1.46. The molecule has 3 rings (SSSR count). The first-order valence-electron chi connectivity index (χ1n) is 6.19. The molecule has 114 valence electrons. The molecule has 1 saturated heterocycles. The fraction of sp³-hybridized carbons (Fsp3) is 0.545. The van der Waals surface area contributed by atoms with E-state index in [9.17, 15) is 10.2 Å². The molecule has 0 saturated carbocycles. The van der Waals surface area contributed by atoms with E-state index >= 15 is 0 Å². The highest BCUT2D eigenvalue weighted by Gasteiger charge is 2.46. The zero-order chi connectivity index (χ0) is 15.1. The second-order valence-electron chi connectivity index (χ2n) is 4.62. The van der Waals surface area contributed by atoms with Crippen LogP contribution in [0.25, 0.3) is 11.2 Å². The lowest BCUT2D eigenvalue weighted by Gasteiger charge is -2.20. The normalized spacial score (nSPS) is 29.3. The first kappa shape index (κ1) is 14.6. The van der Waals surface area contributed by atoms with Gasteiger partial charge in [0.05, 0.1) is 6.61 Å². The van der Waals surface area contributed by atoms with Crippen LogP contribution in [-0.4, -0.2) is 61.8 Å². The standard InChI is InChI=1S/C11H14BrN5O4/c1-20-7-6(19)4(2-18)21-10(7)17-9-5(16-11(17)12)8(13)14-3-15-9/h3-4,6-7,10,18-19H,2H2,1H3,(H2,13,14,15). The number of imidazole rings is 1. The summed E-state index contributed by atoms with van der Waals surface area (Å²) in [6.07, 6.45) is -1.76. The van der Waals surface area contributed by atoms with E-state index in [-0.39, 0.29) is 12.4 Å². The van der Waals surface area contributed by atoms with Crippen LogP contribution in [0.5, 0.6) is 0 Å². The second kappa shape index (κ2) is 5.46. The Bertz CT molecular complexity index is 665. The third-order valence-electron chi connectivity index (χ3n) is 3.48. The van der Waals surface area contributed by atoms with Gasteiger partial charge in [-0.3, -0.25) is 4.57 Å². The topological polar surface area (TPSA) is 129 Å². The van der Waals surface area contributed by atoms with Gasteiger partial charge >= 0.3 is 0 Å². The lowest BCUT2D eigenvalue weighted by Crippen LogP contribution is -2.34. The third-order valence-corrected chi connectivity index (χ3v) is 4.04. The van der Waals surface area contributed by atoms with Crippen LogP contribution in [0, 0.1) is 0 Å². The minimum Gasteiger partial charge on any atom is -0.394 e. The Balaban J connectivity index is 2.12. The summed E-state index contributed by atoms with van der Waals surface area (Å²) in [4.78, 5) is 12.3. The molecule has 4 atom stereocenters. The number of nitrogen functional groups attached to an aromatic ring is 1. The maximum atomic E-state index is 10.1. The van der Waals surface area contributed by atoms with Crippen molar-refractivity contribution in [1.82, 2.24) is 19.5 Å². The number of ether oxygens (including phenoxy) is 2. The van der Waals surface area contributed by atoms with Gasteiger partial charge < -0.3 is 25.4 Å². The smallest absolute Gasteiger partial charge is 0.181 e. The van der Waals surface area contributed by atoms with Crippen molar-refractivity contribution in [2.24, 2.45) is 0 Å². The number of nitrogens with zero attached hydrogens (tertiary/aromatic N) is 4. The van der Waals surface area contributed by atoms with E-state index in [2.05, 4.69) is 30.9 Å². The highest BCUT2D eigenvalue weighted by molar-refractivity contribution is 9.10. The van der Waals surface area contributed by atoms with Crippen molar-refractivity contribution >= 4 is 32.9 Å². The molecule has 1 fully saturated rings. The summed E-state index contributed by atoms with van der Waals surface area (Å²) in [6, 6.07) is 0. The third kappa shape index (κ3) is 2.19. The molecule has 21 heavy (non-hydrogen) atoms. The zero-order valence-electron chi connectivity index (χ0n) is 11.0. The number of anilines is 1. The number of fused-ring (bicyclic) bond motifs is 1. The monoisotopic (exact) mass is 359 g/mol. The average Bonchev–Trinajstić information content (AvgIpc) is 2.96. The molecule has 1 aliphatic rings. The number of aliphatic hydroxyl groups is 2. The van der Waals surface area contributed by atoms with Crippen LogP contribution < -0.4 is 5.73 Å². The molecule has 9 nitrogen and oxygen atoms in total. The molecular weight excluding hydrogens is 346 g/mol. The Kier molecular flexibility index (Phi) is 3.80. The fourth-order valence-electron chi connectivity index (χ4n) is 2.46. The van der Waals surface area contributed by atoms with E-state index in [1.165, 1.54) is 13.4 Å². The van der Waals surface area contributed by atoms with Crippen LogP contribution in [0.3, 0.4) is 0 Å². The van der Waals surface area contributed by atoms with Gasteiger partial charge in [0.2, 0.25) is 0 Å². The van der Waals surface area contributed by atoms with Crippen molar-refractivity contribution in [2.75, 3.05) is 19.5 Å². The molecule has 0 amide bonds. The van der Waals surface area contributed by atoms with Crippen LogP contribution >= 0.6 is 15.9 Å². The number of hydrogen-bond donors (Lipinski definition) is 3. The molecule has 0 bridgehead atoms. The Morgan fingerprint density at radius 2 is 2.29 bits per heavy atom. The molecular formula is C11H14BrN5O4. The Hall–Kier alpha value is -1.33. The van der Waals surface area contributed by atoms with E-state index in [1.807, 2.05) is 0 Å². The lowest BCUT2D eigenvalue weighted by molar-refractivity contribution is -0.0594. The minimum atomic E-state index is -0.964. The average molecular weight is 360 g/mol. The maximum Gasteiger partial charge on any atom is 0.181 e. The lowest BCUT2D eigenvalue weighted by atomic mass is 10.1.